The number of pyridine rings is 1. The number of rotatable bonds is 5. The Morgan fingerprint density at radius 1 is 0.429 bits per heavy atom. The number of nitrogens with zero attached hydrogens (tertiary/aromatic N) is 2. The van der Waals surface area contributed by atoms with Crippen LogP contribution in [0.4, 0.5) is 0 Å². The van der Waals surface area contributed by atoms with Gasteiger partial charge in [-0.15, -0.1) is 0 Å². The quantitative estimate of drug-likeness (QED) is 0.191. The molecular formula is C47H30N2. The highest BCUT2D eigenvalue weighted by Crippen LogP contribution is 2.59. The minimum absolute atomic E-state index is 0.411. The molecule has 0 spiro atoms. The van der Waals surface area contributed by atoms with Crippen LogP contribution in [0.3, 0.4) is 0 Å². The number of hydrogen-bond acceptors (Lipinski definition) is 2. The number of nitriles is 1. The largest absolute Gasteiger partial charge is 0.246 e. The molecule has 0 radical (unpaired) electrons. The van der Waals surface area contributed by atoms with Crippen LogP contribution in [-0.4, -0.2) is 4.98 Å². The van der Waals surface area contributed by atoms with Gasteiger partial charge in [-0.1, -0.05) is 146 Å². The molecule has 7 aromatic carbocycles. The molecule has 0 amide bonds. The van der Waals surface area contributed by atoms with Crippen LogP contribution in [0.25, 0.3) is 55.3 Å². The van der Waals surface area contributed by atoms with E-state index in [4.69, 9.17) is 0 Å². The van der Waals surface area contributed by atoms with Crippen LogP contribution in [0.15, 0.2) is 182 Å². The highest BCUT2D eigenvalue weighted by molar-refractivity contribution is 6.10. The third kappa shape index (κ3) is 4.52. The maximum absolute atomic E-state index is 9.53. The molecule has 2 heteroatoms. The highest BCUT2D eigenvalue weighted by atomic mass is 14.7. The summed E-state index contributed by atoms with van der Waals surface area (Å²) in [6.45, 7) is 0. The van der Waals surface area contributed by atoms with Gasteiger partial charge in [0, 0.05) is 6.20 Å². The predicted molar refractivity (Wildman–Crippen MR) is 200 cm³/mol. The van der Waals surface area contributed by atoms with Gasteiger partial charge in [-0.2, -0.15) is 5.26 Å². The summed E-state index contributed by atoms with van der Waals surface area (Å²) in [6.07, 6.45) is 1.71. The van der Waals surface area contributed by atoms with Gasteiger partial charge < -0.3 is 0 Å². The minimum atomic E-state index is -0.554. The Morgan fingerprint density at radius 2 is 1.02 bits per heavy atom. The van der Waals surface area contributed by atoms with Crippen molar-refractivity contribution in [1.82, 2.24) is 4.98 Å². The second-order valence-corrected chi connectivity index (χ2v) is 12.6. The standard InChI is InChI=1S/C47H30N2/c48-31-39-28-35(25-26-49-39)33-15-12-16-36(27-33)43-30-45-46(41-22-11-10-21-40(41)43)42-24-23-34(32-13-4-1-5-14-32)29-44(42)47(45,37-17-6-2-7-18-37)38-19-8-3-9-20-38/h1-30H. The molecule has 0 aliphatic heterocycles. The summed E-state index contributed by atoms with van der Waals surface area (Å²) in [5.41, 5.74) is 14.2. The zero-order valence-electron chi connectivity index (χ0n) is 26.7. The van der Waals surface area contributed by atoms with Gasteiger partial charge in [-0.25, -0.2) is 4.98 Å². The van der Waals surface area contributed by atoms with Gasteiger partial charge in [-0.05, 0) is 108 Å². The van der Waals surface area contributed by atoms with E-state index in [9.17, 15) is 5.26 Å². The third-order valence-corrected chi connectivity index (χ3v) is 10.0. The lowest BCUT2D eigenvalue weighted by atomic mass is 9.67. The molecular weight excluding hydrogens is 593 g/mol. The van der Waals surface area contributed by atoms with Gasteiger partial charge in [0.05, 0.1) is 5.41 Å². The van der Waals surface area contributed by atoms with Crippen LogP contribution in [0.2, 0.25) is 0 Å². The molecule has 1 aliphatic rings. The molecule has 0 fully saturated rings. The molecule has 9 rings (SSSR count). The lowest BCUT2D eigenvalue weighted by Crippen LogP contribution is -2.28. The first kappa shape index (κ1) is 28.6. The smallest absolute Gasteiger partial charge is 0.141 e. The Morgan fingerprint density at radius 3 is 1.73 bits per heavy atom. The van der Waals surface area contributed by atoms with Crippen LogP contribution in [0.5, 0.6) is 0 Å². The molecule has 1 aromatic heterocycles. The van der Waals surface area contributed by atoms with Crippen molar-refractivity contribution in [3.8, 4) is 50.6 Å². The topological polar surface area (TPSA) is 36.7 Å². The highest BCUT2D eigenvalue weighted by Gasteiger charge is 2.47. The molecule has 0 bridgehead atoms. The average Bonchev–Trinajstić information content (AvgIpc) is 3.49. The van der Waals surface area contributed by atoms with Gasteiger partial charge in [0.1, 0.15) is 11.8 Å². The van der Waals surface area contributed by atoms with Crippen LogP contribution in [0, 0.1) is 11.3 Å². The Bertz CT molecular complexity index is 2510. The summed E-state index contributed by atoms with van der Waals surface area (Å²) >= 11 is 0. The molecule has 49 heavy (non-hydrogen) atoms. The summed E-state index contributed by atoms with van der Waals surface area (Å²) in [5, 5.41) is 12.0. The summed E-state index contributed by atoms with van der Waals surface area (Å²) < 4.78 is 0. The Kier molecular flexibility index (Phi) is 6.78. The van der Waals surface area contributed by atoms with Crippen molar-refractivity contribution < 1.29 is 0 Å². The van der Waals surface area contributed by atoms with E-state index < -0.39 is 5.41 Å². The summed E-state index contributed by atoms with van der Waals surface area (Å²) in [5.74, 6) is 0. The average molecular weight is 623 g/mol. The number of fused-ring (bicyclic) bond motifs is 5. The predicted octanol–water partition coefficient (Wildman–Crippen LogP) is 11.5. The van der Waals surface area contributed by atoms with Crippen LogP contribution in [0.1, 0.15) is 27.9 Å². The van der Waals surface area contributed by atoms with E-state index >= 15 is 0 Å². The Hall–Kier alpha value is -6.56. The molecule has 1 heterocycles. The molecule has 1 aliphatic carbocycles. The number of benzene rings is 7. The maximum Gasteiger partial charge on any atom is 0.141 e. The first-order valence-electron chi connectivity index (χ1n) is 16.6. The van der Waals surface area contributed by atoms with Crippen molar-refractivity contribution in [1.29, 1.82) is 5.26 Å². The van der Waals surface area contributed by atoms with E-state index in [0.717, 1.165) is 16.7 Å². The van der Waals surface area contributed by atoms with Crippen molar-refractivity contribution in [2.45, 2.75) is 5.41 Å². The second kappa shape index (κ2) is 11.6. The fraction of sp³-hybridized carbons (Fsp3) is 0.0213. The molecule has 0 atom stereocenters. The Balaban J connectivity index is 1.39. The van der Waals surface area contributed by atoms with Crippen LogP contribution < -0.4 is 0 Å². The normalized spacial score (nSPS) is 12.6. The van der Waals surface area contributed by atoms with Gasteiger partial charge >= 0.3 is 0 Å². The molecule has 0 saturated carbocycles. The monoisotopic (exact) mass is 622 g/mol. The third-order valence-electron chi connectivity index (χ3n) is 10.0. The molecule has 228 valence electrons. The van der Waals surface area contributed by atoms with Gasteiger partial charge in [0.25, 0.3) is 0 Å². The minimum Gasteiger partial charge on any atom is -0.246 e. The summed E-state index contributed by atoms with van der Waals surface area (Å²) in [7, 11) is 0. The molecule has 0 unspecified atom stereocenters. The van der Waals surface area contributed by atoms with Crippen molar-refractivity contribution in [2.75, 3.05) is 0 Å². The SMILES string of the molecule is N#Cc1cc(-c2cccc(-c3cc4c(c5ccccc35)-c3ccc(-c5ccccc5)cc3C4(c3ccccc3)c3ccccc3)c2)ccn1. The van der Waals surface area contributed by atoms with Gasteiger partial charge in [0.2, 0.25) is 0 Å². The van der Waals surface area contributed by atoms with Crippen molar-refractivity contribution in [3.05, 3.63) is 210 Å². The first-order valence-corrected chi connectivity index (χ1v) is 16.6. The summed E-state index contributed by atoms with van der Waals surface area (Å²) in [4.78, 5) is 4.20. The van der Waals surface area contributed by atoms with E-state index in [1.54, 1.807) is 6.20 Å². The van der Waals surface area contributed by atoms with Gasteiger partial charge in [-0.3, -0.25) is 0 Å². The van der Waals surface area contributed by atoms with Crippen LogP contribution >= 0.6 is 0 Å². The van der Waals surface area contributed by atoms with Crippen molar-refractivity contribution in [2.24, 2.45) is 0 Å². The first-order chi connectivity index (χ1) is 24.3. The fourth-order valence-corrected chi connectivity index (χ4v) is 7.93. The molecule has 8 aromatic rings. The summed E-state index contributed by atoms with van der Waals surface area (Å²) in [6, 6.07) is 65.7. The van der Waals surface area contributed by atoms with E-state index in [1.165, 1.54) is 60.8 Å². The van der Waals surface area contributed by atoms with E-state index in [0.29, 0.717) is 5.69 Å². The van der Waals surface area contributed by atoms with E-state index in [1.807, 2.05) is 12.1 Å². The van der Waals surface area contributed by atoms with Crippen LogP contribution in [-0.2, 0) is 5.41 Å². The lowest BCUT2D eigenvalue weighted by molar-refractivity contribution is 0.769. The van der Waals surface area contributed by atoms with E-state index in [-0.39, 0.29) is 0 Å². The van der Waals surface area contributed by atoms with Crippen molar-refractivity contribution in [3.63, 3.8) is 0 Å². The Labute approximate surface area is 286 Å². The second-order valence-electron chi connectivity index (χ2n) is 12.6. The van der Waals surface area contributed by atoms with Crippen molar-refractivity contribution >= 4 is 10.8 Å². The zero-order valence-corrected chi connectivity index (χ0v) is 26.7. The molecule has 0 saturated heterocycles. The number of hydrogen-bond donors (Lipinski definition) is 0. The van der Waals surface area contributed by atoms with E-state index in [2.05, 4.69) is 175 Å². The molecule has 0 N–H and O–H groups in total. The fourth-order valence-electron chi connectivity index (χ4n) is 7.93. The lowest BCUT2D eigenvalue weighted by Gasteiger charge is -2.34. The van der Waals surface area contributed by atoms with Gasteiger partial charge in [0.15, 0.2) is 0 Å². The maximum atomic E-state index is 9.53. The molecule has 2 nitrogen and oxygen atoms in total. The zero-order chi connectivity index (χ0) is 32.8. The number of aromatic nitrogens is 1.